The Morgan fingerprint density at radius 1 is 1.18 bits per heavy atom. The van der Waals surface area contributed by atoms with Crippen LogP contribution in [0, 0.1) is 6.92 Å². The van der Waals surface area contributed by atoms with Crippen LogP contribution in [-0.4, -0.2) is 9.97 Å². The molecule has 84 valence electrons. The van der Waals surface area contributed by atoms with Crippen molar-refractivity contribution in [2.75, 3.05) is 5.73 Å². The van der Waals surface area contributed by atoms with E-state index in [0.717, 1.165) is 16.8 Å². The van der Waals surface area contributed by atoms with Gasteiger partial charge < -0.3 is 10.2 Å². The molecule has 3 aromatic rings. The molecular formula is C13H11N3O. The molecule has 0 saturated heterocycles. The Hall–Kier alpha value is -2.36. The van der Waals surface area contributed by atoms with E-state index in [1.807, 2.05) is 37.3 Å². The van der Waals surface area contributed by atoms with Crippen molar-refractivity contribution in [3.63, 3.8) is 0 Å². The largest absolute Gasteiger partial charge is 0.434 e. The first kappa shape index (κ1) is 9.84. The van der Waals surface area contributed by atoms with Gasteiger partial charge in [0.2, 0.25) is 5.89 Å². The predicted molar refractivity (Wildman–Crippen MR) is 66.4 cm³/mol. The summed E-state index contributed by atoms with van der Waals surface area (Å²) < 4.78 is 5.66. The van der Waals surface area contributed by atoms with Gasteiger partial charge in [0.05, 0.1) is 0 Å². The lowest BCUT2D eigenvalue weighted by molar-refractivity contribution is 0.619. The summed E-state index contributed by atoms with van der Waals surface area (Å²) in [5.74, 6) is 0.559. The Bertz CT molecular complexity index is 655. The van der Waals surface area contributed by atoms with Gasteiger partial charge in [-0.3, -0.25) is 0 Å². The van der Waals surface area contributed by atoms with Crippen molar-refractivity contribution < 1.29 is 4.42 Å². The van der Waals surface area contributed by atoms with Crippen molar-refractivity contribution in [2.45, 2.75) is 6.92 Å². The Balaban J connectivity index is 2.24. The van der Waals surface area contributed by atoms with E-state index in [4.69, 9.17) is 10.2 Å². The second-order valence-corrected chi connectivity index (χ2v) is 3.86. The fourth-order valence-electron chi connectivity index (χ4n) is 1.77. The van der Waals surface area contributed by atoms with Gasteiger partial charge in [0.15, 0.2) is 11.2 Å². The number of hydrogen-bond donors (Lipinski definition) is 1. The third-order valence-corrected chi connectivity index (χ3v) is 2.77. The summed E-state index contributed by atoms with van der Waals surface area (Å²) in [5, 5.41) is 0. The maximum atomic E-state index is 5.87. The Kier molecular flexibility index (Phi) is 2.08. The molecule has 4 nitrogen and oxygen atoms in total. The lowest BCUT2D eigenvalue weighted by Crippen LogP contribution is -1.91. The van der Waals surface area contributed by atoms with Crippen molar-refractivity contribution in [2.24, 2.45) is 0 Å². The van der Waals surface area contributed by atoms with Crippen molar-refractivity contribution in [1.29, 1.82) is 0 Å². The number of pyridine rings is 1. The van der Waals surface area contributed by atoms with Gasteiger partial charge in [-0.15, -0.1) is 0 Å². The summed E-state index contributed by atoms with van der Waals surface area (Å²) in [6.45, 7) is 1.95. The average molecular weight is 225 g/mol. The van der Waals surface area contributed by atoms with Crippen molar-refractivity contribution in [3.05, 3.63) is 42.1 Å². The van der Waals surface area contributed by atoms with Gasteiger partial charge in [-0.25, -0.2) is 4.98 Å². The van der Waals surface area contributed by atoms with Gasteiger partial charge in [0, 0.05) is 17.4 Å². The lowest BCUT2D eigenvalue weighted by Gasteiger charge is -2.03. The summed E-state index contributed by atoms with van der Waals surface area (Å²) in [6, 6.07) is 9.36. The number of anilines is 1. The van der Waals surface area contributed by atoms with Crippen LogP contribution in [0.5, 0.6) is 0 Å². The van der Waals surface area contributed by atoms with E-state index in [2.05, 4.69) is 9.97 Å². The van der Waals surface area contributed by atoms with Gasteiger partial charge in [-0.1, -0.05) is 6.07 Å². The second kappa shape index (κ2) is 3.59. The highest BCUT2D eigenvalue weighted by atomic mass is 16.3. The van der Waals surface area contributed by atoms with Crippen LogP contribution in [0.2, 0.25) is 0 Å². The van der Waals surface area contributed by atoms with Crippen LogP contribution in [0.15, 0.2) is 40.9 Å². The van der Waals surface area contributed by atoms with Crippen LogP contribution in [0.4, 0.5) is 5.69 Å². The first-order valence-electron chi connectivity index (χ1n) is 5.33. The van der Waals surface area contributed by atoms with Gasteiger partial charge in [-0.2, -0.15) is 4.98 Å². The molecule has 0 aliphatic rings. The van der Waals surface area contributed by atoms with Crippen molar-refractivity contribution in [1.82, 2.24) is 9.97 Å². The van der Waals surface area contributed by atoms with E-state index in [1.54, 1.807) is 6.20 Å². The molecule has 1 aromatic carbocycles. The highest BCUT2D eigenvalue weighted by Gasteiger charge is 2.11. The molecule has 0 bridgehead atoms. The molecule has 0 amide bonds. The van der Waals surface area contributed by atoms with Crippen LogP contribution in [0.1, 0.15) is 5.56 Å². The van der Waals surface area contributed by atoms with Crippen LogP contribution >= 0.6 is 0 Å². The third-order valence-electron chi connectivity index (χ3n) is 2.77. The third kappa shape index (κ3) is 1.54. The van der Waals surface area contributed by atoms with Gasteiger partial charge in [-0.05, 0) is 36.8 Å². The monoisotopic (exact) mass is 225 g/mol. The zero-order valence-electron chi connectivity index (χ0n) is 9.34. The Morgan fingerprint density at radius 3 is 2.88 bits per heavy atom. The summed E-state index contributed by atoms with van der Waals surface area (Å²) in [6.07, 6.45) is 1.70. The predicted octanol–water partition coefficient (Wildman–Crippen LogP) is 2.78. The SMILES string of the molecule is Cc1c(N)cccc1-c1nc2ncccc2o1. The normalized spacial score (nSPS) is 10.9. The number of hydrogen-bond acceptors (Lipinski definition) is 4. The second-order valence-electron chi connectivity index (χ2n) is 3.86. The number of nitrogens with zero attached hydrogens (tertiary/aromatic N) is 2. The van der Waals surface area contributed by atoms with Crippen LogP contribution < -0.4 is 5.73 Å². The van der Waals surface area contributed by atoms with Crippen molar-refractivity contribution >= 4 is 16.9 Å². The minimum Gasteiger partial charge on any atom is -0.434 e. The zero-order chi connectivity index (χ0) is 11.8. The van der Waals surface area contributed by atoms with E-state index in [0.29, 0.717) is 17.1 Å². The smallest absolute Gasteiger partial charge is 0.229 e. The molecule has 0 radical (unpaired) electrons. The van der Waals surface area contributed by atoms with Crippen LogP contribution in [0.25, 0.3) is 22.7 Å². The number of benzene rings is 1. The maximum absolute atomic E-state index is 5.87. The molecule has 3 rings (SSSR count). The fraction of sp³-hybridized carbons (Fsp3) is 0.0769. The van der Waals surface area contributed by atoms with E-state index < -0.39 is 0 Å². The number of nitrogen functional groups attached to an aromatic ring is 1. The molecule has 17 heavy (non-hydrogen) atoms. The highest BCUT2D eigenvalue weighted by molar-refractivity contribution is 5.74. The number of oxazole rings is 1. The topological polar surface area (TPSA) is 64.9 Å². The fourth-order valence-corrected chi connectivity index (χ4v) is 1.77. The van der Waals surface area contributed by atoms with Crippen LogP contribution in [0.3, 0.4) is 0 Å². The summed E-state index contributed by atoms with van der Waals surface area (Å²) >= 11 is 0. The molecule has 0 aliphatic carbocycles. The molecular weight excluding hydrogens is 214 g/mol. The number of rotatable bonds is 1. The highest BCUT2D eigenvalue weighted by Crippen LogP contribution is 2.28. The maximum Gasteiger partial charge on any atom is 0.229 e. The number of nitrogens with two attached hydrogens (primary N) is 1. The quantitative estimate of drug-likeness (QED) is 0.647. The lowest BCUT2D eigenvalue weighted by atomic mass is 10.1. The van der Waals surface area contributed by atoms with Crippen LogP contribution in [-0.2, 0) is 0 Å². The minimum absolute atomic E-state index is 0.559. The Morgan fingerprint density at radius 2 is 2.06 bits per heavy atom. The summed E-state index contributed by atoms with van der Waals surface area (Å²) in [4.78, 5) is 8.49. The molecule has 2 aromatic heterocycles. The van der Waals surface area contributed by atoms with Crippen molar-refractivity contribution in [3.8, 4) is 11.5 Å². The molecule has 4 heteroatoms. The summed E-state index contributed by atoms with van der Waals surface area (Å²) in [7, 11) is 0. The molecule has 2 heterocycles. The molecule has 2 N–H and O–H groups in total. The van der Waals surface area contributed by atoms with E-state index >= 15 is 0 Å². The average Bonchev–Trinajstić information content (AvgIpc) is 2.76. The zero-order valence-corrected chi connectivity index (χ0v) is 9.34. The molecule has 0 fully saturated rings. The molecule has 0 unspecified atom stereocenters. The molecule has 0 saturated carbocycles. The number of aromatic nitrogens is 2. The van der Waals surface area contributed by atoms with Gasteiger partial charge >= 0.3 is 0 Å². The van der Waals surface area contributed by atoms with E-state index in [1.165, 1.54) is 0 Å². The van der Waals surface area contributed by atoms with Gasteiger partial charge in [0.1, 0.15) is 0 Å². The molecule has 0 spiro atoms. The minimum atomic E-state index is 0.559. The standard InChI is InChI=1S/C13H11N3O/c1-8-9(4-2-5-10(8)14)13-16-12-11(17-13)6-3-7-15-12/h2-7H,14H2,1H3. The molecule has 0 aliphatic heterocycles. The van der Waals surface area contributed by atoms with Gasteiger partial charge in [0.25, 0.3) is 0 Å². The van der Waals surface area contributed by atoms with E-state index in [-0.39, 0.29) is 0 Å². The first-order valence-corrected chi connectivity index (χ1v) is 5.33. The summed E-state index contributed by atoms with van der Waals surface area (Å²) in [5.41, 5.74) is 9.78. The Labute approximate surface area is 98.1 Å². The molecule has 0 atom stereocenters. The number of fused-ring (bicyclic) bond motifs is 1. The first-order chi connectivity index (χ1) is 8.25. The van der Waals surface area contributed by atoms with E-state index in [9.17, 15) is 0 Å².